The van der Waals surface area contributed by atoms with Crippen LogP contribution in [0.4, 0.5) is 0 Å². The molecular weight excluding hydrogens is 322 g/mol. The van der Waals surface area contributed by atoms with Gasteiger partial charge in [-0.1, -0.05) is 12.1 Å². The van der Waals surface area contributed by atoms with E-state index < -0.39 is 5.97 Å². The molecule has 0 radical (unpaired) electrons. The smallest absolute Gasteiger partial charge is 0.311 e. The van der Waals surface area contributed by atoms with Crippen molar-refractivity contribution in [2.24, 2.45) is 0 Å². The van der Waals surface area contributed by atoms with E-state index in [1.807, 2.05) is 29.2 Å². The molecule has 0 bridgehead atoms. The highest BCUT2D eigenvalue weighted by Gasteiger charge is 2.33. The Morgan fingerprint density at radius 3 is 2.68 bits per heavy atom. The summed E-state index contributed by atoms with van der Waals surface area (Å²) in [4.78, 5) is 25.9. The maximum atomic E-state index is 13.1. The predicted molar refractivity (Wildman–Crippen MR) is 90.8 cm³/mol. The number of hydrogen-bond donors (Lipinski definition) is 1. The number of carboxylic acid groups (broad SMARTS) is 1. The topological polar surface area (TPSA) is 80.0 Å². The normalized spacial score (nSPS) is 16.9. The minimum atomic E-state index is -1.02. The largest absolute Gasteiger partial charge is 0.497 e. The average molecular weight is 343 g/mol. The first-order valence-electron chi connectivity index (χ1n) is 8.25. The lowest BCUT2D eigenvalue weighted by Crippen LogP contribution is -2.31. The van der Waals surface area contributed by atoms with Gasteiger partial charge in [-0.2, -0.15) is 0 Å². The Kier molecular flexibility index (Phi) is 4.79. The van der Waals surface area contributed by atoms with E-state index in [0.29, 0.717) is 17.7 Å². The number of benzene rings is 1. The highest BCUT2D eigenvalue weighted by molar-refractivity contribution is 5.97. The van der Waals surface area contributed by atoms with Crippen molar-refractivity contribution in [2.45, 2.75) is 32.2 Å². The number of furan rings is 1. The summed E-state index contributed by atoms with van der Waals surface area (Å²) in [6.07, 6.45) is 2.94. The van der Waals surface area contributed by atoms with Crippen molar-refractivity contribution in [1.29, 1.82) is 0 Å². The first-order valence-corrected chi connectivity index (χ1v) is 8.25. The van der Waals surface area contributed by atoms with Gasteiger partial charge in [0.1, 0.15) is 17.9 Å². The molecule has 0 saturated carbocycles. The molecule has 2 aromatic rings. The molecule has 0 aliphatic carbocycles. The number of carboxylic acids is 1. The number of aryl methyl sites for hydroxylation is 1. The van der Waals surface area contributed by atoms with Crippen LogP contribution < -0.4 is 4.74 Å². The van der Waals surface area contributed by atoms with E-state index in [1.54, 1.807) is 14.0 Å². The molecule has 0 spiro atoms. The van der Waals surface area contributed by atoms with Crippen molar-refractivity contribution >= 4 is 11.9 Å². The van der Waals surface area contributed by atoms with Gasteiger partial charge in [-0.05, 0) is 37.5 Å². The van der Waals surface area contributed by atoms with Gasteiger partial charge in [-0.15, -0.1) is 0 Å². The van der Waals surface area contributed by atoms with Crippen LogP contribution >= 0.6 is 0 Å². The summed E-state index contributed by atoms with van der Waals surface area (Å²) in [5, 5.41) is 9.03. The summed E-state index contributed by atoms with van der Waals surface area (Å²) in [5.41, 5.74) is 2.09. The van der Waals surface area contributed by atoms with Crippen molar-refractivity contribution in [3.8, 4) is 5.75 Å². The molecule has 1 saturated heterocycles. The molecule has 6 heteroatoms. The van der Waals surface area contributed by atoms with Crippen molar-refractivity contribution in [3.05, 3.63) is 53.0 Å². The van der Waals surface area contributed by atoms with E-state index in [2.05, 4.69) is 0 Å². The van der Waals surface area contributed by atoms with Gasteiger partial charge in [0, 0.05) is 12.1 Å². The van der Waals surface area contributed by atoms with Crippen molar-refractivity contribution in [3.63, 3.8) is 0 Å². The molecule has 1 N–H and O–H groups in total. The zero-order valence-corrected chi connectivity index (χ0v) is 14.3. The van der Waals surface area contributed by atoms with Crippen LogP contribution in [-0.4, -0.2) is 35.5 Å². The first kappa shape index (κ1) is 17.1. The number of amides is 1. The molecular formula is C19H21NO5. The third kappa shape index (κ3) is 3.38. The van der Waals surface area contributed by atoms with Crippen LogP contribution in [0.5, 0.6) is 5.75 Å². The molecule has 3 rings (SSSR count). The summed E-state index contributed by atoms with van der Waals surface area (Å²) in [6.45, 7) is 2.41. The molecule has 25 heavy (non-hydrogen) atoms. The van der Waals surface area contributed by atoms with Crippen LogP contribution in [0.15, 0.2) is 34.9 Å². The standard InChI is InChI=1S/C19H21NO5/c1-12-11-25-16(10-17(21)22)18(12)19(23)20-9-3-4-15(20)13-5-7-14(24-2)8-6-13/h5-8,11,15H,3-4,9-10H2,1-2H3,(H,21,22). The molecule has 1 aliphatic rings. The minimum Gasteiger partial charge on any atom is -0.497 e. The number of rotatable bonds is 5. The number of nitrogens with zero attached hydrogens (tertiary/aromatic N) is 1. The van der Waals surface area contributed by atoms with Gasteiger partial charge in [0.2, 0.25) is 0 Å². The third-order valence-electron chi connectivity index (χ3n) is 4.59. The van der Waals surface area contributed by atoms with Gasteiger partial charge in [0.15, 0.2) is 0 Å². The molecule has 6 nitrogen and oxygen atoms in total. The van der Waals surface area contributed by atoms with Crippen LogP contribution in [0.25, 0.3) is 0 Å². The number of aliphatic carboxylic acids is 1. The summed E-state index contributed by atoms with van der Waals surface area (Å²) in [5.74, 6) is -0.193. The molecule has 1 aromatic carbocycles. The van der Waals surface area contributed by atoms with Gasteiger partial charge in [0.05, 0.1) is 25.0 Å². The van der Waals surface area contributed by atoms with E-state index in [4.69, 9.17) is 14.3 Å². The van der Waals surface area contributed by atoms with E-state index in [0.717, 1.165) is 24.2 Å². The number of likely N-dealkylation sites (tertiary alicyclic amines) is 1. The average Bonchev–Trinajstić information content (AvgIpc) is 3.21. The highest BCUT2D eigenvalue weighted by Crippen LogP contribution is 2.35. The number of methoxy groups -OCH3 is 1. The maximum absolute atomic E-state index is 13.1. The first-order chi connectivity index (χ1) is 12.0. The van der Waals surface area contributed by atoms with Crippen molar-refractivity contribution in [1.82, 2.24) is 4.90 Å². The van der Waals surface area contributed by atoms with Crippen LogP contribution in [0, 0.1) is 6.92 Å². The Bertz CT molecular complexity index is 778. The summed E-state index contributed by atoms with van der Waals surface area (Å²) in [6, 6.07) is 7.68. The number of carbonyl (C=O) groups excluding carboxylic acids is 1. The quantitative estimate of drug-likeness (QED) is 0.902. The molecule has 1 aliphatic heterocycles. The lowest BCUT2D eigenvalue weighted by molar-refractivity contribution is -0.136. The van der Waals surface area contributed by atoms with Crippen LogP contribution in [0.1, 0.15) is 46.1 Å². The van der Waals surface area contributed by atoms with E-state index in [9.17, 15) is 9.59 Å². The Hall–Kier alpha value is -2.76. The predicted octanol–water partition coefficient (Wildman–Crippen LogP) is 3.20. The van der Waals surface area contributed by atoms with Gasteiger partial charge in [0.25, 0.3) is 5.91 Å². The van der Waals surface area contributed by atoms with E-state index in [-0.39, 0.29) is 24.1 Å². The highest BCUT2D eigenvalue weighted by atomic mass is 16.5. The zero-order chi connectivity index (χ0) is 18.0. The fraction of sp³-hybridized carbons (Fsp3) is 0.368. The molecule has 2 heterocycles. The Morgan fingerprint density at radius 2 is 2.04 bits per heavy atom. The third-order valence-corrected chi connectivity index (χ3v) is 4.59. The van der Waals surface area contributed by atoms with Crippen molar-refractivity contribution in [2.75, 3.05) is 13.7 Å². The second kappa shape index (κ2) is 7.01. The van der Waals surface area contributed by atoms with Gasteiger partial charge in [-0.25, -0.2) is 0 Å². The Balaban J connectivity index is 1.88. The van der Waals surface area contributed by atoms with Gasteiger partial charge < -0.3 is 19.2 Å². The molecule has 132 valence electrons. The Labute approximate surface area is 146 Å². The molecule has 1 atom stereocenters. The second-order valence-electron chi connectivity index (χ2n) is 6.22. The fourth-order valence-corrected chi connectivity index (χ4v) is 3.38. The minimum absolute atomic E-state index is 0.0228. The molecule has 1 unspecified atom stereocenters. The lowest BCUT2D eigenvalue weighted by Gasteiger charge is -2.25. The molecule has 1 aromatic heterocycles. The van der Waals surface area contributed by atoms with Crippen molar-refractivity contribution < 1.29 is 23.8 Å². The zero-order valence-electron chi connectivity index (χ0n) is 14.3. The van der Waals surface area contributed by atoms with Crippen LogP contribution in [-0.2, 0) is 11.2 Å². The lowest BCUT2D eigenvalue weighted by atomic mass is 10.0. The van der Waals surface area contributed by atoms with Gasteiger partial charge in [-0.3, -0.25) is 9.59 Å². The number of hydrogen-bond acceptors (Lipinski definition) is 4. The summed E-state index contributed by atoms with van der Waals surface area (Å²) in [7, 11) is 1.62. The van der Waals surface area contributed by atoms with E-state index >= 15 is 0 Å². The summed E-state index contributed by atoms with van der Waals surface area (Å²) >= 11 is 0. The Morgan fingerprint density at radius 1 is 1.32 bits per heavy atom. The second-order valence-corrected chi connectivity index (χ2v) is 6.22. The fourth-order valence-electron chi connectivity index (χ4n) is 3.38. The van der Waals surface area contributed by atoms with Crippen LogP contribution in [0.3, 0.4) is 0 Å². The summed E-state index contributed by atoms with van der Waals surface area (Å²) < 4.78 is 10.5. The SMILES string of the molecule is COc1ccc(C2CCCN2C(=O)c2c(C)coc2CC(=O)O)cc1. The van der Waals surface area contributed by atoms with E-state index in [1.165, 1.54) is 6.26 Å². The van der Waals surface area contributed by atoms with Crippen LogP contribution in [0.2, 0.25) is 0 Å². The maximum Gasteiger partial charge on any atom is 0.311 e. The number of ether oxygens (including phenoxy) is 1. The molecule has 1 amide bonds. The van der Waals surface area contributed by atoms with Gasteiger partial charge >= 0.3 is 5.97 Å². The number of carbonyl (C=O) groups is 2. The monoisotopic (exact) mass is 343 g/mol. The molecule has 1 fully saturated rings.